The van der Waals surface area contributed by atoms with Gasteiger partial charge in [-0.05, 0) is 64.5 Å². The Hall–Kier alpha value is -1.60. The molecule has 0 bridgehead atoms. The molecule has 0 N–H and O–H groups in total. The summed E-state index contributed by atoms with van der Waals surface area (Å²) in [7, 11) is 0. The van der Waals surface area contributed by atoms with Gasteiger partial charge in [-0.2, -0.15) is 5.26 Å². The van der Waals surface area contributed by atoms with E-state index in [4.69, 9.17) is 10.00 Å². The maximum atomic E-state index is 12.5. The highest BCUT2D eigenvalue weighted by Gasteiger charge is 2.38. The number of rotatable bonds is 3. The first kappa shape index (κ1) is 14.3. The molecular formula is C17H22N2O2. The second kappa shape index (κ2) is 4.99. The van der Waals surface area contributed by atoms with Gasteiger partial charge in [0.2, 0.25) is 0 Å². The summed E-state index contributed by atoms with van der Waals surface area (Å²) in [5.41, 5.74) is 1.09. The van der Waals surface area contributed by atoms with Crippen molar-refractivity contribution in [2.75, 3.05) is 0 Å². The molecule has 0 unspecified atom stereocenters. The Bertz CT molecular complexity index is 638. The summed E-state index contributed by atoms with van der Waals surface area (Å²) in [4.78, 5) is 12.5. The van der Waals surface area contributed by atoms with Gasteiger partial charge in [-0.1, -0.05) is 0 Å². The molecule has 2 saturated carbocycles. The van der Waals surface area contributed by atoms with Crippen LogP contribution in [0.1, 0.15) is 69.7 Å². The summed E-state index contributed by atoms with van der Waals surface area (Å²) in [6, 6.07) is 5.84. The Morgan fingerprint density at radius 1 is 1.29 bits per heavy atom. The molecule has 0 aromatic carbocycles. The summed E-state index contributed by atoms with van der Waals surface area (Å²) < 4.78 is 7.83. The number of hydrogen-bond acceptors (Lipinski definition) is 3. The van der Waals surface area contributed by atoms with Crippen molar-refractivity contribution in [3.05, 3.63) is 33.7 Å². The van der Waals surface area contributed by atoms with Gasteiger partial charge in [0.1, 0.15) is 11.6 Å². The second-order valence-electron chi connectivity index (χ2n) is 7.21. The summed E-state index contributed by atoms with van der Waals surface area (Å²) in [6.07, 6.45) is 4.26. The minimum Gasteiger partial charge on any atom is -0.372 e. The first-order valence-electron chi connectivity index (χ1n) is 7.72. The molecule has 0 radical (unpaired) electrons. The zero-order chi connectivity index (χ0) is 15.2. The van der Waals surface area contributed by atoms with Crippen molar-refractivity contribution in [1.29, 1.82) is 5.26 Å². The fourth-order valence-corrected chi connectivity index (χ4v) is 3.09. The van der Waals surface area contributed by atoms with E-state index in [1.165, 1.54) is 0 Å². The van der Waals surface area contributed by atoms with Crippen molar-refractivity contribution >= 4 is 0 Å². The molecule has 4 nitrogen and oxygen atoms in total. The van der Waals surface area contributed by atoms with Crippen LogP contribution in [-0.4, -0.2) is 16.3 Å². The number of ether oxygens (including phenoxy) is 1. The predicted octanol–water partition coefficient (Wildman–Crippen LogP) is 3.12. The van der Waals surface area contributed by atoms with Crippen LogP contribution in [0, 0.1) is 11.3 Å². The van der Waals surface area contributed by atoms with Gasteiger partial charge in [0.15, 0.2) is 0 Å². The molecule has 0 spiro atoms. The van der Waals surface area contributed by atoms with Crippen molar-refractivity contribution < 1.29 is 4.74 Å². The highest BCUT2D eigenvalue weighted by Crippen LogP contribution is 2.43. The van der Waals surface area contributed by atoms with E-state index in [2.05, 4.69) is 20.8 Å². The van der Waals surface area contributed by atoms with Crippen molar-refractivity contribution in [3.63, 3.8) is 0 Å². The Labute approximate surface area is 125 Å². The molecule has 2 fully saturated rings. The molecule has 4 heteroatoms. The van der Waals surface area contributed by atoms with Gasteiger partial charge in [-0.3, -0.25) is 4.79 Å². The highest BCUT2D eigenvalue weighted by molar-refractivity contribution is 5.31. The van der Waals surface area contributed by atoms with E-state index in [1.54, 1.807) is 6.07 Å². The smallest absolute Gasteiger partial charge is 0.268 e. The molecule has 1 aromatic heterocycles. The second-order valence-corrected chi connectivity index (χ2v) is 7.21. The van der Waals surface area contributed by atoms with Gasteiger partial charge < -0.3 is 9.30 Å². The maximum Gasteiger partial charge on any atom is 0.268 e. The lowest BCUT2D eigenvalue weighted by Gasteiger charge is -2.41. The van der Waals surface area contributed by atoms with Crippen LogP contribution in [0.5, 0.6) is 0 Å². The molecule has 2 aliphatic rings. The first-order valence-corrected chi connectivity index (χ1v) is 7.72. The van der Waals surface area contributed by atoms with Crippen LogP contribution in [0.4, 0.5) is 0 Å². The Kier molecular flexibility index (Phi) is 3.41. The third-order valence-electron chi connectivity index (χ3n) is 4.22. The highest BCUT2D eigenvalue weighted by atomic mass is 16.5. The fraction of sp³-hybridized carbons (Fsp3) is 0.647. The van der Waals surface area contributed by atoms with E-state index >= 15 is 0 Å². The van der Waals surface area contributed by atoms with Gasteiger partial charge in [0.05, 0.1) is 11.7 Å². The van der Waals surface area contributed by atoms with E-state index in [9.17, 15) is 4.79 Å². The molecule has 0 amide bonds. The third-order valence-corrected chi connectivity index (χ3v) is 4.22. The van der Waals surface area contributed by atoms with Crippen LogP contribution in [0.15, 0.2) is 16.9 Å². The zero-order valence-corrected chi connectivity index (χ0v) is 12.9. The Balaban J connectivity index is 1.83. The molecule has 1 aromatic rings. The summed E-state index contributed by atoms with van der Waals surface area (Å²) in [5.74, 6) is 0.507. The quantitative estimate of drug-likeness (QED) is 0.858. The monoisotopic (exact) mass is 286 g/mol. The third kappa shape index (κ3) is 2.89. The number of pyridine rings is 1. The average molecular weight is 286 g/mol. The van der Waals surface area contributed by atoms with Crippen molar-refractivity contribution in [2.45, 2.75) is 70.1 Å². The summed E-state index contributed by atoms with van der Waals surface area (Å²) >= 11 is 0. The number of nitrogens with zero attached hydrogens (tertiary/aromatic N) is 2. The van der Waals surface area contributed by atoms with Gasteiger partial charge in [-0.25, -0.2) is 0 Å². The topological polar surface area (TPSA) is 55.0 Å². The number of aromatic nitrogens is 1. The van der Waals surface area contributed by atoms with Crippen molar-refractivity contribution in [3.8, 4) is 6.07 Å². The van der Waals surface area contributed by atoms with Crippen molar-refractivity contribution in [1.82, 2.24) is 4.57 Å². The molecule has 0 aliphatic heterocycles. The minimum absolute atomic E-state index is 0.124. The fourth-order valence-electron chi connectivity index (χ4n) is 3.09. The standard InChI is InChI=1S/C17H22N2O2/c1-17(2,3)21-14-8-13(9-14)19-15(11-4-5-11)7-6-12(10-18)16(19)20/h6-7,11,13-14H,4-5,8-9H2,1-3H3. The van der Waals surface area contributed by atoms with E-state index in [0.717, 1.165) is 31.4 Å². The SMILES string of the molecule is CC(C)(C)OC1CC(n2c(C3CC3)ccc(C#N)c2=O)C1. The normalized spacial score (nSPS) is 25.2. The molecule has 21 heavy (non-hydrogen) atoms. The Morgan fingerprint density at radius 3 is 2.48 bits per heavy atom. The molecule has 1 heterocycles. The van der Waals surface area contributed by atoms with Crippen LogP contribution in [0.25, 0.3) is 0 Å². The number of nitriles is 1. The molecule has 112 valence electrons. The van der Waals surface area contributed by atoms with E-state index in [-0.39, 0.29) is 28.9 Å². The van der Waals surface area contributed by atoms with Gasteiger partial charge in [-0.15, -0.1) is 0 Å². The van der Waals surface area contributed by atoms with E-state index in [0.29, 0.717) is 5.92 Å². The van der Waals surface area contributed by atoms with Crippen LogP contribution in [-0.2, 0) is 4.74 Å². The first-order chi connectivity index (χ1) is 9.89. The molecule has 2 aliphatic carbocycles. The predicted molar refractivity (Wildman–Crippen MR) is 80.3 cm³/mol. The molecular weight excluding hydrogens is 264 g/mol. The van der Waals surface area contributed by atoms with Crippen molar-refractivity contribution in [2.24, 2.45) is 0 Å². The average Bonchev–Trinajstić information content (AvgIpc) is 3.16. The molecule has 3 rings (SSSR count). The lowest BCUT2D eigenvalue weighted by Crippen LogP contribution is -2.42. The Morgan fingerprint density at radius 2 is 1.95 bits per heavy atom. The minimum atomic E-state index is -0.144. The lowest BCUT2D eigenvalue weighted by atomic mass is 9.87. The largest absolute Gasteiger partial charge is 0.372 e. The zero-order valence-electron chi connectivity index (χ0n) is 12.9. The van der Waals surface area contributed by atoms with Gasteiger partial charge in [0, 0.05) is 11.7 Å². The van der Waals surface area contributed by atoms with E-state index < -0.39 is 0 Å². The maximum absolute atomic E-state index is 12.5. The van der Waals surface area contributed by atoms with Crippen LogP contribution < -0.4 is 5.56 Å². The summed E-state index contributed by atoms with van der Waals surface area (Å²) in [6.45, 7) is 6.16. The number of hydrogen-bond donors (Lipinski definition) is 0. The molecule has 0 atom stereocenters. The molecule has 0 saturated heterocycles. The van der Waals surface area contributed by atoms with E-state index in [1.807, 2.05) is 16.7 Å². The van der Waals surface area contributed by atoms with Crippen LogP contribution >= 0.6 is 0 Å². The summed E-state index contributed by atoms with van der Waals surface area (Å²) in [5, 5.41) is 9.08. The van der Waals surface area contributed by atoms with Gasteiger partial charge in [0.25, 0.3) is 5.56 Å². The van der Waals surface area contributed by atoms with Gasteiger partial charge >= 0.3 is 0 Å². The van der Waals surface area contributed by atoms with Crippen LogP contribution in [0.2, 0.25) is 0 Å². The lowest BCUT2D eigenvalue weighted by molar-refractivity contribution is -0.109. The van der Waals surface area contributed by atoms with Crippen LogP contribution in [0.3, 0.4) is 0 Å².